The Kier molecular flexibility index (Phi) is 4.05. The highest BCUT2D eigenvalue weighted by Crippen LogP contribution is 2.37. The van der Waals surface area contributed by atoms with Gasteiger partial charge in [-0.25, -0.2) is 4.85 Å². The van der Waals surface area contributed by atoms with Crippen LogP contribution in [0, 0.1) is 17.9 Å². The number of rotatable bonds is 2. The summed E-state index contributed by atoms with van der Waals surface area (Å²) in [6, 6.07) is 5.27. The van der Waals surface area contributed by atoms with Crippen LogP contribution in [0.4, 0.5) is 16.4 Å². The average Bonchev–Trinajstić information content (AvgIpc) is 2.69. The normalized spacial score (nSPS) is 9.68. The van der Waals surface area contributed by atoms with Crippen molar-refractivity contribution in [2.24, 2.45) is 0 Å². The fourth-order valence-electron chi connectivity index (χ4n) is 1.37. The summed E-state index contributed by atoms with van der Waals surface area (Å²) in [7, 11) is 0. The van der Waals surface area contributed by atoms with Crippen LogP contribution in [0.5, 0.6) is 0 Å². The number of aromatic amines is 1. The highest BCUT2D eigenvalue weighted by Gasteiger charge is 2.12. The molecule has 0 aliphatic rings. The second kappa shape index (κ2) is 5.57. The summed E-state index contributed by atoms with van der Waals surface area (Å²) in [5, 5.41) is 12.3. The molecule has 0 aliphatic heterocycles. The molecule has 19 heavy (non-hydrogen) atoms. The van der Waals surface area contributed by atoms with E-state index in [0.717, 1.165) is 11.5 Å². The van der Waals surface area contributed by atoms with E-state index in [4.69, 9.17) is 11.8 Å². The monoisotopic (exact) mass is 398 g/mol. The molecule has 0 amide bonds. The van der Waals surface area contributed by atoms with E-state index in [0.29, 0.717) is 25.3 Å². The summed E-state index contributed by atoms with van der Waals surface area (Å²) in [6.07, 6.45) is 0. The summed E-state index contributed by atoms with van der Waals surface area (Å²) in [6.45, 7) is 7.04. The predicted octanol–water partition coefficient (Wildman–Crippen LogP) is 4.13. The minimum atomic E-state index is -0.411. The quantitative estimate of drug-likeness (QED) is 0.745. The van der Waals surface area contributed by atoms with Crippen molar-refractivity contribution in [3.8, 4) is 6.07 Å². The van der Waals surface area contributed by atoms with Crippen molar-refractivity contribution >= 4 is 59.8 Å². The molecule has 5 nitrogen and oxygen atoms in total. The van der Waals surface area contributed by atoms with Crippen molar-refractivity contribution in [1.29, 1.82) is 5.26 Å². The van der Waals surface area contributed by atoms with Crippen LogP contribution in [0.25, 0.3) is 4.85 Å². The Bertz CT molecular complexity index is 758. The topological polar surface area (TPSA) is 73.0 Å². The summed E-state index contributed by atoms with van der Waals surface area (Å²) in [5.74, 6) is 0. The number of nitriles is 1. The van der Waals surface area contributed by atoms with Crippen LogP contribution >= 0.6 is 43.4 Å². The summed E-state index contributed by atoms with van der Waals surface area (Å²) in [5.41, 5.74) is 0.767. The number of H-pyrrole nitrogens is 1. The first-order valence-corrected chi connectivity index (χ1v) is 7.22. The van der Waals surface area contributed by atoms with Gasteiger partial charge < -0.3 is 5.32 Å². The van der Waals surface area contributed by atoms with Gasteiger partial charge in [-0.1, -0.05) is 31.9 Å². The number of halogens is 2. The standard InChI is InChI=1S/C11H4Br2N4OS/c1-15-9-7(12)2-5(3-8(9)13)16-11-6(4-14)10(18)17-19-11/h2-3,16H,(H,17,18). The lowest BCUT2D eigenvalue weighted by Crippen LogP contribution is -2.02. The van der Waals surface area contributed by atoms with Crippen LogP contribution < -0.4 is 10.9 Å². The van der Waals surface area contributed by atoms with Crippen molar-refractivity contribution < 1.29 is 0 Å². The Morgan fingerprint density at radius 3 is 2.58 bits per heavy atom. The Morgan fingerprint density at radius 2 is 2.05 bits per heavy atom. The Hall–Kier alpha value is -1.61. The van der Waals surface area contributed by atoms with Crippen LogP contribution in [-0.4, -0.2) is 4.37 Å². The van der Waals surface area contributed by atoms with Gasteiger partial charge in [0.25, 0.3) is 5.56 Å². The number of nitrogens with one attached hydrogen (secondary N) is 2. The van der Waals surface area contributed by atoms with Gasteiger partial charge in [-0.05, 0) is 23.7 Å². The van der Waals surface area contributed by atoms with Crippen LogP contribution in [0.15, 0.2) is 25.9 Å². The Morgan fingerprint density at radius 1 is 1.42 bits per heavy atom. The van der Waals surface area contributed by atoms with E-state index in [1.165, 1.54) is 0 Å². The third kappa shape index (κ3) is 2.71. The molecular weight excluding hydrogens is 396 g/mol. The molecule has 0 unspecified atom stereocenters. The molecule has 1 heterocycles. The molecule has 1 aromatic carbocycles. The maximum Gasteiger partial charge on any atom is 0.278 e. The summed E-state index contributed by atoms with van der Waals surface area (Å²) >= 11 is 7.65. The Balaban J connectivity index is 2.43. The first-order valence-electron chi connectivity index (χ1n) is 4.82. The van der Waals surface area contributed by atoms with Gasteiger partial charge in [0.15, 0.2) is 5.56 Å². The zero-order valence-electron chi connectivity index (χ0n) is 9.12. The van der Waals surface area contributed by atoms with E-state index in [2.05, 4.69) is 46.4 Å². The first-order chi connectivity index (χ1) is 9.06. The zero-order valence-corrected chi connectivity index (χ0v) is 13.1. The highest BCUT2D eigenvalue weighted by atomic mass is 79.9. The molecule has 2 aromatic rings. The number of hydrogen-bond acceptors (Lipinski definition) is 4. The van der Waals surface area contributed by atoms with Gasteiger partial charge in [-0.2, -0.15) is 5.26 Å². The molecule has 2 N–H and O–H groups in total. The molecule has 1 aromatic heterocycles. The number of anilines is 2. The van der Waals surface area contributed by atoms with E-state index in [9.17, 15) is 4.79 Å². The number of hydrogen-bond donors (Lipinski definition) is 2. The molecule has 0 saturated heterocycles. The molecule has 0 spiro atoms. The lowest BCUT2D eigenvalue weighted by atomic mass is 10.3. The molecule has 0 radical (unpaired) electrons. The molecule has 0 bridgehead atoms. The average molecular weight is 400 g/mol. The third-order valence-electron chi connectivity index (χ3n) is 2.20. The SMILES string of the molecule is [C-]#[N+]c1c(Br)cc(Nc2s[nH]c(=O)c2C#N)cc1Br. The van der Waals surface area contributed by atoms with E-state index < -0.39 is 5.56 Å². The third-order valence-corrected chi connectivity index (χ3v) is 4.21. The fraction of sp³-hybridized carbons (Fsp3) is 0. The van der Waals surface area contributed by atoms with E-state index >= 15 is 0 Å². The van der Waals surface area contributed by atoms with Crippen molar-refractivity contribution in [2.45, 2.75) is 0 Å². The van der Waals surface area contributed by atoms with Gasteiger partial charge in [0.05, 0.1) is 6.57 Å². The molecule has 0 saturated carbocycles. The molecule has 94 valence electrons. The molecule has 0 atom stereocenters. The van der Waals surface area contributed by atoms with Crippen LogP contribution in [-0.2, 0) is 0 Å². The van der Waals surface area contributed by atoms with Crippen LogP contribution in [0.3, 0.4) is 0 Å². The van der Waals surface area contributed by atoms with Gasteiger partial charge in [0.1, 0.15) is 11.1 Å². The van der Waals surface area contributed by atoms with Crippen LogP contribution in [0.1, 0.15) is 5.56 Å². The maximum absolute atomic E-state index is 11.3. The molecule has 0 aliphatic carbocycles. The van der Waals surface area contributed by atoms with Crippen molar-refractivity contribution in [1.82, 2.24) is 4.37 Å². The summed E-state index contributed by atoms with van der Waals surface area (Å²) < 4.78 is 3.74. The molecular formula is C11H4Br2N4OS. The second-order valence-corrected chi connectivity index (χ2v) is 5.90. The zero-order chi connectivity index (χ0) is 14.0. The smallest absolute Gasteiger partial charge is 0.278 e. The Labute approximate surface area is 129 Å². The summed E-state index contributed by atoms with van der Waals surface area (Å²) in [4.78, 5) is 14.7. The number of benzene rings is 1. The van der Waals surface area contributed by atoms with Gasteiger partial charge in [-0.15, -0.1) is 0 Å². The largest absolute Gasteiger partial charge is 0.345 e. The lowest BCUT2D eigenvalue weighted by Gasteiger charge is -2.07. The maximum atomic E-state index is 11.3. The molecule has 0 fully saturated rings. The lowest BCUT2D eigenvalue weighted by molar-refractivity contribution is 1.38. The molecule has 8 heteroatoms. The molecule has 2 rings (SSSR count). The minimum absolute atomic E-state index is 0.0477. The first kappa shape index (κ1) is 13.8. The van der Waals surface area contributed by atoms with Crippen molar-refractivity contribution in [3.05, 3.63) is 48.4 Å². The van der Waals surface area contributed by atoms with Crippen molar-refractivity contribution in [3.63, 3.8) is 0 Å². The van der Waals surface area contributed by atoms with E-state index in [1.807, 2.05) is 6.07 Å². The van der Waals surface area contributed by atoms with Gasteiger partial charge in [0.2, 0.25) is 5.69 Å². The second-order valence-electron chi connectivity index (χ2n) is 3.37. The number of nitrogens with zero attached hydrogens (tertiary/aromatic N) is 2. The van der Waals surface area contributed by atoms with Gasteiger partial charge in [-0.3, -0.25) is 9.17 Å². The number of aromatic nitrogens is 1. The van der Waals surface area contributed by atoms with Crippen molar-refractivity contribution in [2.75, 3.05) is 5.32 Å². The predicted molar refractivity (Wildman–Crippen MR) is 81.0 cm³/mol. The van der Waals surface area contributed by atoms with E-state index in [1.54, 1.807) is 12.1 Å². The fourth-order valence-corrected chi connectivity index (χ4v) is 3.44. The van der Waals surface area contributed by atoms with E-state index in [-0.39, 0.29) is 5.56 Å². The minimum Gasteiger partial charge on any atom is -0.345 e. The van der Waals surface area contributed by atoms with Gasteiger partial charge in [0, 0.05) is 14.6 Å². The highest BCUT2D eigenvalue weighted by molar-refractivity contribution is 9.11. The van der Waals surface area contributed by atoms with Crippen LogP contribution in [0.2, 0.25) is 0 Å². The van der Waals surface area contributed by atoms with Gasteiger partial charge >= 0.3 is 0 Å².